The molecule has 0 saturated heterocycles. The Morgan fingerprint density at radius 3 is 2.74 bits per heavy atom. The van der Waals surface area contributed by atoms with Gasteiger partial charge in [-0.3, -0.25) is 0 Å². The summed E-state index contributed by atoms with van der Waals surface area (Å²) in [5.41, 5.74) is 6.81. The minimum Gasteiger partial charge on any atom is -0.493 e. The number of aromatic nitrogens is 2. The van der Waals surface area contributed by atoms with Crippen LogP contribution in [0.25, 0.3) is 0 Å². The Morgan fingerprint density at radius 2 is 2.16 bits per heavy atom. The van der Waals surface area contributed by atoms with E-state index in [-0.39, 0.29) is 12.6 Å². The molecule has 102 valence electrons. The SMILES string of the molecule is COc1cc(C(C)N)ccc1OCc1noc(C)n1. The molecule has 1 heterocycles. The molecule has 2 N–H and O–H groups in total. The monoisotopic (exact) mass is 263 g/mol. The highest BCUT2D eigenvalue weighted by atomic mass is 16.5. The first-order valence-electron chi connectivity index (χ1n) is 5.95. The summed E-state index contributed by atoms with van der Waals surface area (Å²) in [6.45, 7) is 3.87. The first-order valence-corrected chi connectivity index (χ1v) is 5.95. The summed E-state index contributed by atoms with van der Waals surface area (Å²) >= 11 is 0. The van der Waals surface area contributed by atoms with Crippen molar-refractivity contribution in [2.75, 3.05) is 7.11 Å². The van der Waals surface area contributed by atoms with E-state index in [1.807, 2.05) is 25.1 Å². The molecule has 0 aliphatic carbocycles. The Kier molecular flexibility index (Phi) is 4.01. The van der Waals surface area contributed by atoms with E-state index in [1.165, 1.54) is 0 Å². The molecule has 0 spiro atoms. The van der Waals surface area contributed by atoms with Crippen molar-refractivity contribution in [1.29, 1.82) is 0 Å². The molecule has 0 aliphatic rings. The molecule has 0 aliphatic heterocycles. The van der Waals surface area contributed by atoms with Gasteiger partial charge in [0.1, 0.15) is 0 Å². The molecular formula is C13H17N3O3. The number of nitrogens with two attached hydrogens (primary N) is 1. The average molecular weight is 263 g/mol. The number of ether oxygens (including phenoxy) is 2. The second-order valence-corrected chi connectivity index (χ2v) is 4.22. The maximum atomic E-state index is 5.83. The van der Waals surface area contributed by atoms with Gasteiger partial charge in [0, 0.05) is 13.0 Å². The molecule has 0 saturated carbocycles. The fourth-order valence-electron chi connectivity index (χ4n) is 1.63. The summed E-state index contributed by atoms with van der Waals surface area (Å²) < 4.78 is 15.8. The van der Waals surface area contributed by atoms with Gasteiger partial charge in [-0.1, -0.05) is 11.2 Å². The molecule has 0 amide bonds. The zero-order valence-corrected chi connectivity index (χ0v) is 11.2. The van der Waals surface area contributed by atoms with E-state index in [4.69, 9.17) is 19.7 Å². The van der Waals surface area contributed by atoms with Crippen LogP contribution in [0.15, 0.2) is 22.7 Å². The normalized spacial score (nSPS) is 12.2. The Hall–Kier alpha value is -2.08. The van der Waals surface area contributed by atoms with Crippen LogP contribution in [0.1, 0.15) is 30.2 Å². The number of benzene rings is 1. The summed E-state index contributed by atoms with van der Waals surface area (Å²) in [6, 6.07) is 5.54. The van der Waals surface area contributed by atoms with Crippen LogP contribution in [0, 0.1) is 6.92 Å². The molecular weight excluding hydrogens is 246 g/mol. The van der Waals surface area contributed by atoms with Crippen molar-refractivity contribution in [3.8, 4) is 11.5 Å². The number of hydrogen-bond donors (Lipinski definition) is 1. The van der Waals surface area contributed by atoms with Gasteiger partial charge >= 0.3 is 0 Å². The molecule has 19 heavy (non-hydrogen) atoms. The lowest BCUT2D eigenvalue weighted by molar-refractivity contribution is 0.269. The van der Waals surface area contributed by atoms with Crippen LogP contribution in [0.2, 0.25) is 0 Å². The third-order valence-corrected chi connectivity index (χ3v) is 2.64. The maximum Gasteiger partial charge on any atom is 0.223 e. The fraction of sp³-hybridized carbons (Fsp3) is 0.385. The fourth-order valence-corrected chi connectivity index (χ4v) is 1.63. The first-order chi connectivity index (χ1) is 9.10. The van der Waals surface area contributed by atoms with Crippen LogP contribution in [0.3, 0.4) is 0 Å². The lowest BCUT2D eigenvalue weighted by Gasteiger charge is -2.12. The van der Waals surface area contributed by atoms with E-state index in [0.717, 1.165) is 5.56 Å². The van der Waals surface area contributed by atoms with Crippen LogP contribution in [0.5, 0.6) is 11.5 Å². The Bertz CT molecular complexity index is 552. The van der Waals surface area contributed by atoms with Crippen molar-refractivity contribution in [1.82, 2.24) is 10.1 Å². The number of rotatable bonds is 5. The molecule has 1 unspecified atom stereocenters. The van der Waals surface area contributed by atoms with Crippen molar-refractivity contribution in [2.24, 2.45) is 5.73 Å². The smallest absolute Gasteiger partial charge is 0.223 e. The Labute approximate surface area is 111 Å². The summed E-state index contributed by atoms with van der Waals surface area (Å²) in [5, 5.41) is 3.76. The van der Waals surface area contributed by atoms with E-state index in [9.17, 15) is 0 Å². The van der Waals surface area contributed by atoms with Crippen molar-refractivity contribution in [2.45, 2.75) is 26.5 Å². The molecule has 6 nitrogen and oxygen atoms in total. The van der Waals surface area contributed by atoms with Gasteiger partial charge in [0.15, 0.2) is 18.1 Å². The topological polar surface area (TPSA) is 83.4 Å². The third kappa shape index (κ3) is 3.23. The molecule has 0 radical (unpaired) electrons. The van der Waals surface area contributed by atoms with Crippen LogP contribution in [0.4, 0.5) is 0 Å². The summed E-state index contributed by atoms with van der Waals surface area (Å²) in [6.07, 6.45) is 0. The number of aryl methyl sites for hydroxylation is 1. The minimum absolute atomic E-state index is 0.0530. The van der Waals surface area contributed by atoms with Crippen molar-refractivity contribution in [3.05, 3.63) is 35.5 Å². The number of nitrogens with zero attached hydrogens (tertiary/aromatic N) is 2. The first kappa shape index (κ1) is 13.4. The lowest BCUT2D eigenvalue weighted by atomic mass is 10.1. The van der Waals surface area contributed by atoms with Gasteiger partial charge in [-0.25, -0.2) is 0 Å². The predicted molar refractivity (Wildman–Crippen MR) is 69.0 cm³/mol. The van der Waals surface area contributed by atoms with E-state index >= 15 is 0 Å². The van der Waals surface area contributed by atoms with Crippen molar-refractivity contribution < 1.29 is 14.0 Å². The number of hydrogen-bond acceptors (Lipinski definition) is 6. The lowest BCUT2D eigenvalue weighted by Crippen LogP contribution is -2.06. The van der Waals surface area contributed by atoms with Gasteiger partial charge in [-0.05, 0) is 24.6 Å². The van der Waals surface area contributed by atoms with Gasteiger partial charge < -0.3 is 19.7 Å². The maximum absolute atomic E-state index is 5.83. The highest BCUT2D eigenvalue weighted by molar-refractivity contribution is 5.43. The third-order valence-electron chi connectivity index (χ3n) is 2.64. The second kappa shape index (κ2) is 5.71. The van der Waals surface area contributed by atoms with Gasteiger partial charge in [0.05, 0.1) is 7.11 Å². The van der Waals surface area contributed by atoms with E-state index in [0.29, 0.717) is 23.2 Å². The van der Waals surface area contributed by atoms with Gasteiger partial charge in [-0.15, -0.1) is 0 Å². The summed E-state index contributed by atoms with van der Waals surface area (Å²) in [5.74, 6) is 2.26. The molecule has 1 aromatic carbocycles. The molecule has 1 atom stereocenters. The van der Waals surface area contributed by atoms with E-state index in [2.05, 4.69) is 10.1 Å². The molecule has 0 fully saturated rings. The standard InChI is InChI=1S/C13H17N3O3/c1-8(14)10-4-5-11(12(6-10)17-3)18-7-13-15-9(2)19-16-13/h4-6,8H,7,14H2,1-3H3. The average Bonchev–Trinajstić information content (AvgIpc) is 2.81. The highest BCUT2D eigenvalue weighted by Crippen LogP contribution is 2.30. The van der Waals surface area contributed by atoms with Gasteiger partial charge in [0.2, 0.25) is 11.7 Å². The van der Waals surface area contributed by atoms with Crippen LogP contribution in [-0.2, 0) is 6.61 Å². The predicted octanol–water partition coefficient (Wildman–Crippen LogP) is 1.99. The quantitative estimate of drug-likeness (QED) is 0.888. The Morgan fingerprint density at radius 1 is 1.37 bits per heavy atom. The zero-order chi connectivity index (χ0) is 13.8. The summed E-state index contributed by atoms with van der Waals surface area (Å²) in [4.78, 5) is 4.06. The largest absolute Gasteiger partial charge is 0.493 e. The van der Waals surface area contributed by atoms with E-state index in [1.54, 1.807) is 14.0 Å². The van der Waals surface area contributed by atoms with Crippen LogP contribution < -0.4 is 15.2 Å². The molecule has 1 aromatic heterocycles. The number of methoxy groups -OCH3 is 1. The highest BCUT2D eigenvalue weighted by Gasteiger charge is 2.10. The second-order valence-electron chi connectivity index (χ2n) is 4.22. The van der Waals surface area contributed by atoms with E-state index < -0.39 is 0 Å². The zero-order valence-electron chi connectivity index (χ0n) is 11.2. The molecule has 6 heteroatoms. The summed E-state index contributed by atoms with van der Waals surface area (Å²) in [7, 11) is 1.59. The van der Waals surface area contributed by atoms with Crippen molar-refractivity contribution in [3.63, 3.8) is 0 Å². The van der Waals surface area contributed by atoms with Gasteiger partial charge in [-0.2, -0.15) is 4.98 Å². The van der Waals surface area contributed by atoms with Gasteiger partial charge in [0.25, 0.3) is 0 Å². The van der Waals surface area contributed by atoms with Crippen LogP contribution in [-0.4, -0.2) is 17.3 Å². The molecule has 0 bridgehead atoms. The Balaban J connectivity index is 2.11. The van der Waals surface area contributed by atoms with Crippen molar-refractivity contribution >= 4 is 0 Å². The molecule has 2 rings (SSSR count). The molecule has 2 aromatic rings. The minimum atomic E-state index is -0.0530. The van der Waals surface area contributed by atoms with Crippen LogP contribution >= 0.6 is 0 Å².